The number of carbonyl (C=O) groups excluding carboxylic acids is 2. The van der Waals surface area contributed by atoms with Gasteiger partial charge in [-0.05, 0) is 52.0 Å². The number of amides is 3. The molecule has 3 heterocycles. The number of hydrogen-bond acceptors (Lipinski definition) is 7. The van der Waals surface area contributed by atoms with Crippen molar-refractivity contribution in [3.63, 3.8) is 0 Å². The number of carbonyl (C=O) groups is 2. The van der Waals surface area contributed by atoms with Gasteiger partial charge in [0.15, 0.2) is 0 Å². The van der Waals surface area contributed by atoms with E-state index in [1.807, 2.05) is 56.0 Å². The fourth-order valence-corrected chi connectivity index (χ4v) is 5.85. The molecule has 3 aliphatic rings. The van der Waals surface area contributed by atoms with Crippen LogP contribution in [0.3, 0.4) is 0 Å². The fraction of sp³-hybridized carbons (Fsp3) is 0.583. The number of nitrogens with one attached hydrogen (secondary N) is 1. The summed E-state index contributed by atoms with van der Waals surface area (Å²) in [5.74, 6) is 0.280. The van der Waals surface area contributed by atoms with E-state index in [9.17, 15) is 9.59 Å². The van der Waals surface area contributed by atoms with E-state index in [4.69, 9.17) is 9.57 Å². The number of nitrogens with zero attached hydrogens (tertiary/aromatic N) is 4. The molecule has 1 aromatic heterocycles. The van der Waals surface area contributed by atoms with E-state index in [-0.39, 0.29) is 36.2 Å². The minimum Gasteiger partial charge on any atom is -0.444 e. The van der Waals surface area contributed by atoms with Crippen LogP contribution in [0.2, 0.25) is 0 Å². The first kappa shape index (κ1) is 23.0. The maximum atomic E-state index is 13.1. The van der Waals surface area contributed by atoms with Crippen LogP contribution < -0.4 is 5.32 Å². The standard InChI is InChI=1S/C24H31N5O4S/c1-24(2,3)33-22(30)25-17-11-16(12-17)20-26-27-21(34-20)19-10-9-18-13-28(19)23(31)29(18)32-14-15-7-5-4-6-8-15/h4-8,16-19H,9-14H2,1-3H3,(H,25,30). The summed E-state index contributed by atoms with van der Waals surface area (Å²) in [5, 5.41) is 15.2. The molecule has 2 atom stereocenters. The van der Waals surface area contributed by atoms with Crippen molar-refractivity contribution in [3.05, 3.63) is 45.9 Å². The summed E-state index contributed by atoms with van der Waals surface area (Å²) in [5.41, 5.74) is 0.534. The van der Waals surface area contributed by atoms with Crippen LogP contribution in [-0.2, 0) is 16.2 Å². The van der Waals surface area contributed by atoms with Crippen LogP contribution in [-0.4, -0.2) is 56.5 Å². The van der Waals surface area contributed by atoms with E-state index in [0.29, 0.717) is 13.2 Å². The number of fused-ring (bicyclic) bond motifs is 2. The zero-order valence-corrected chi connectivity index (χ0v) is 20.6. The second kappa shape index (κ2) is 9.14. The zero-order valence-electron chi connectivity index (χ0n) is 19.8. The maximum absolute atomic E-state index is 13.1. The highest BCUT2D eigenvalue weighted by atomic mass is 32.1. The average Bonchev–Trinajstić information content (AvgIpc) is 3.33. The predicted molar refractivity (Wildman–Crippen MR) is 126 cm³/mol. The number of aromatic nitrogens is 2. The summed E-state index contributed by atoms with van der Waals surface area (Å²) >= 11 is 1.59. The predicted octanol–water partition coefficient (Wildman–Crippen LogP) is 4.38. The molecule has 3 fully saturated rings. The molecule has 2 unspecified atom stereocenters. The first-order valence-electron chi connectivity index (χ1n) is 11.9. The lowest BCUT2D eigenvalue weighted by Crippen LogP contribution is -2.45. The first-order chi connectivity index (χ1) is 16.3. The van der Waals surface area contributed by atoms with Gasteiger partial charge in [0.2, 0.25) is 0 Å². The number of alkyl carbamates (subject to hydrolysis) is 1. The van der Waals surface area contributed by atoms with Gasteiger partial charge in [0.25, 0.3) is 0 Å². The summed E-state index contributed by atoms with van der Waals surface area (Å²) in [6.07, 6.45) is 3.00. The molecule has 2 aliphatic heterocycles. The van der Waals surface area contributed by atoms with Crippen LogP contribution in [0.25, 0.3) is 0 Å². The zero-order chi connectivity index (χ0) is 23.9. The fourth-order valence-electron chi connectivity index (χ4n) is 4.73. The quantitative estimate of drug-likeness (QED) is 0.652. The van der Waals surface area contributed by atoms with E-state index < -0.39 is 5.60 Å². The molecule has 1 aliphatic carbocycles. The highest BCUT2D eigenvalue weighted by Gasteiger charge is 2.47. The Morgan fingerprint density at radius 1 is 1.15 bits per heavy atom. The van der Waals surface area contributed by atoms with Gasteiger partial charge in [-0.25, -0.2) is 9.59 Å². The Labute approximate surface area is 203 Å². The molecule has 1 N–H and O–H groups in total. The minimum atomic E-state index is -0.504. The van der Waals surface area contributed by atoms with Crippen molar-refractivity contribution in [3.8, 4) is 0 Å². The van der Waals surface area contributed by atoms with Gasteiger partial charge in [0.05, 0.1) is 12.1 Å². The number of hydrogen-bond donors (Lipinski definition) is 1. The molecule has 1 saturated carbocycles. The van der Waals surface area contributed by atoms with Crippen LogP contribution in [0.4, 0.5) is 9.59 Å². The van der Waals surface area contributed by atoms with Crippen LogP contribution in [0.1, 0.15) is 74.0 Å². The second-order valence-electron chi connectivity index (χ2n) is 10.3. The maximum Gasteiger partial charge on any atom is 0.407 e. The van der Waals surface area contributed by atoms with Crippen molar-refractivity contribution in [2.24, 2.45) is 0 Å². The second-order valence-corrected chi connectivity index (χ2v) is 11.3. The number of hydroxylamine groups is 2. The summed E-state index contributed by atoms with van der Waals surface area (Å²) in [6, 6.07) is 9.90. The van der Waals surface area contributed by atoms with E-state index in [2.05, 4.69) is 15.5 Å². The van der Waals surface area contributed by atoms with E-state index >= 15 is 0 Å². The molecule has 2 aromatic rings. The SMILES string of the molecule is CC(C)(C)OC(=O)NC1CC(c2nnc(C3CCC4CN3C(=O)N4OCc3ccccc3)s2)C1. The van der Waals surface area contributed by atoms with Gasteiger partial charge in [-0.15, -0.1) is 10.2 Å². The Hall–Kier alpha value is -2.72. The Bertz CT molecular complexity index is 1030. The molecular formula is C24H31N5O4S. The molecule has 5 rings (SSSR count). The van der Waals surface area contributed by atoms with Crippen LogP contribution >= 0.6 is 11.3 Å². The van der Waals surface area contributed by atoms with Crippen molar-refractivity contribution in [1.29, 1.82) is 0 Å². The molecule has 1 aromatic carbocycles. The third-order valence-corrected chi connectivity index (χ3v) is 7.67. The van der Waals surface area contributed by atoms with Gasteiger partial charge < -0.3 is 15.0 Å². The van der Waals surface area contributed by atoms with E-state index in [1.54, 1.807) is 16.4 Å². The van der Waals surface area contributed by atoms with Gasteiger partial charge >= 0.3 is 12.1 Å². The summed E-state index contributed by atoms with van der Waals surface area (Å²) in [6.45, 7) is 6.59. The summed E-state index contributed by atoms with van der Waals surface area (Å²) in [4.78, 5) is 32.8. The highest BCUT2D eigenvalue weighted by Crippen LogP contribution is 2.43. The van der Waals surface area contributed by atoms with Crippen molar-refractivity contribution < 1.29 is 19.2 Å². The van der Waals surface area contributed by atoms with Crippen molar-refractivity contribution in [2.75, 3.05) is 6.54 Å². The van der Waals surface area contributed by atoms with Gasteiger partial charge in [-0.3, -0.25) is 4.84 Å². The summed E-state index contributed by atoms with van der Waals surface area (Å²) < 4.78 is 5.33. The summed E-state index contributed by atoms with van der Waals surface area (Å²) in [7, 11) is 0. The van der Waals surface area contributed by atoms with Crippen molar-refractivity contribution in [2.45, 2.75) is 82.7 Å². The molecule has 34 heavy (non-hydrogen) atoms. The Balaban J connectivity index is 1.15. The monoisotopic (exact) mass is 485 g/mol. The van der Waals surface area contributed by atoms with E-state index in [1.165, 1.54) is 0 Å². The molecular weight excluding hydrogens is 454 g/mol. The average molecular weight is 486 g/mol. The van der Waals surface area contributed by atoms with Gasteiger partial charge in [0, 0.05) is 18.5 Å². The van der Waals surface area contributed by atoms with Gasteiger partial charge in [-0.2, -0.15) is 5.06 Å². The first-order valence-corrected chi connectivity index (χ1v) is 12.7. The topological polar surface area (TPSA) is 96.9 Å². The molecule has 182 valence electrons. The Morgan fingerprint density at radius 2 is 1.88 bits per heavy atom. The number of rotatable bonds is 6. The number of benzene rings is 1. The molecule has 3 amide bonds. The third kappa shape index (κ3) is 4.88. The number of piperidine rings is 1. The van der Waals surface area contributed by atoms with Crippen molar-refractivity contribution in [1.82, 2.24) is 25.5 Å². The molecule has 0 spiro atoms. The minimum absolute atomic E-state index is 0.0592. The molecule has 10 heteroatoms. The smallest absolute Gasteiger partial charge is 0.407 e. The highest BCUT2D eigenvalue weighted by molar-refractivity contribution is 7.11. The lowest BCUT2D eigenvalue weighted by molar-refractivity contribution is -0.140. The number of urea groups is 1. The number of ether oxygens (including phenoxy) is 1. The molecule has 0 radical (unpaired) electrons. The normalized spacial score (nSPS) is 26.4. The van der Waals surface area contributed by atoms with Gasteiger partial charge in [-0.1, -0.05) is 41.7 Å². The van der Waals surface area contributed by atoms with E-state index in [0.717, 1.165) is 41.3 Å². The molecule has 2 bridgehead atoms. The van der Waals surface area contributed by atoms with Crippen LogP contribution in [0.5, 0.6) is 0 Å². The lowest BCUT2D eigenvalue weighted by Gasteiger charge is -2.34. The molecule has 2 saturated heterocycles. The molecule has 9 nitrogen and oxygen atoms in total. The van der Waals surface area contributed by atoms with Crippen molar-refractivity contribution >= 4 is 23.5 Å². The Morgan fingerprint density at radius 3 is 2.62 bits per heavy atom. The van der Waals surface area contributed by atoms with Crippen LogP contribution in [0.15, 0.2) is 30.3 Å². The lowest BCUT2D eigenvalue weighted by atomic mass is 9.81. The third-order valence-electron chi connectivity index (χ3n) is 6.49. The van der Waals surface area contributed by atoms with Crippen LogP contribution in [0, 0.1) is 0 Å². The largest absolute Gasteiger partial charge is 0.444 e. The van der Waals surface area contributed by atoms with Gasteiger partial charge in [0.1, 0.15) is 22.2 Å². The Kier molecular flexibility index (Phi) is 6.20.